The summed E-state index contributed by atoms with van der Waals surface area (Å²) in [6.07, 6.45) is 4.39. The minimum atomic E-state index is -0.389. The Morgan fingerprint density at radius 1 is 1.33 bits per heavy atom. The minimum absolute atomic E-state index is 0.246. The van der Waals surface area contributed by atoms with Crippen LogP contribution in [-0.4, -0.2) is 23.7 Å². The van der Waals surface area contributed by atoms with Crippen molar-refractivity contribution in [2.75, 3.05) is 6.61 Å². The Balaban J connectivity index is 0.000000921. The van der Waals surface area contributed by atoms with Crippen molar-refractivity contribution < 1.29 is 9.90 Å². The molecule has 0 heterocycles. The second-order valence-corrected chi connectivity index (χ2v) is 4.66. The molecule has 90 valence electrons. The molecule has 0 aromatic carbocycles. The van der Waals surface area contributed by atoms with Gasteiger partial charge >= 0.3 is 0 Å². The van der Waals surface area contributed by atoms with E-state index in [4.69, 9.17) is 5.11 Å². The van der Waals surface area contributed by atoms with Crippen molar-refractivity contribution in [3.63, 3.8) is 0 Å². The van der Waals surface area contributed by atoms with Gasteiger partial charge in [0, 0.05) is 6.04 Å². The second-order valence-electron chi connectivity index (χ2n) is 4.66. The molecule has 0 aliphatic heterocycles. The van der Waals surface area contributed by atoms with Gasteiger partial charge in [-0.05, 0) is 31.1 Å². The van der Waals surface area contributed by atoms with Crippen LogP contribution >= 0.6 is 0 Å². The lowest BCUT2D eigenvalue weighted by atomic mass is 9.75. The van der Waals surface area contributed by atoms with Gasteiger partial charge in [-0.1, -0.05) is 27.7 Å². The van der Waals surface area contributed by atoms with Gasteiger partial charge in [-0.25, -0.2) is 0 Å². The Labute approximate surface area is 93.3 Å². The molecule has 0 aromatic rings. The first-order valence-corrected chi connectivity index (χ1v) is 5.94. The summed E-state index contributed by atoms with van der Waals surface area (Å²) in [5.41, 5.74) is 0.431. The van der Waals surface area contributed by atoms with Crippen LogP contribution in [0.4, 0.5) is 0 Å². The van der Waals surface area contributed by atoms with E-state index < -0.39 is 0 Å². The van der Waals surface area contributed by atoms with Gasteiger partial charge in [-0.15, -0.1) is 0 Å². The highest BCUT2D eigenvalue weighted by Gasteiger charge is 2.27. The van der Waals surface area contributed by atoms with E-state index in [1.807, 2.05) is 13.8 Å². The molecule has 0 unspecified atom stereocenters. The van der Waals surface area contributed by atoms with Gasteiger partial charge in [-0.2, -0.15) is 0 Å². The van der Waals surface area contributed by atoms with Crippen LogP contribution in [0.1, 0.15) is 53.4 Å². The lowest BCUT2D eigenvalue weighted by Crippen LogP contribution is -2.40. The second kappa shape index (κ2) is 6.83. The predicted molar refractivity (Wildman–Crippen MR) is 62.6 cm³/mol. The molecule has 15 heavy (non-hydrogen) atoms. The molecule has 2 N–H and O–H groups in total. The monoisotopic (exact) mass is 215 g/mol. The van der Waals surface area contributed by atoms with Crippen LogP contribution in [0.15, 0.2) is 0 Å². The van der Waals surface area contributed by atoms with E-state index in [0.717, 1.165) is 25.7 Å². The quantitative estimate of drug-likeness (QED) is 0.741. The van der Waals surface area contributed by atoms with Crippen LogP contribution in [0.5, 0.6) is 0 Å². The van der Waals surface area contributed by atoms with Crippen LogP contribution in [-0.2, 0) is 4.79 Å². The first kappa shape index (κ1) is 14.4. The Bertz CT molecular complexity index is 180. The maximum Gasteiger partial charge on any atom is 0.245 e. The minimum Gasteiger partial charge on any atom is -0.387 e. The summed E-state index contributed by atoms with van der Waals surface area (Å²) < 4.78 is 0. The number of aliphatic hydroxyl groups excluding tert-OH is 1. The van der Waals surface area contributed by atoms with Gasteiger partial charge in [0.2, 0.25) is 5.91 Å². The average molecular weight is 215 g/mol. The molecule has 1 aliphatic carbocycles. The van der Waals surface area contributed by atoms with Crippen LogP contribution in [0.25, 0.3) is 0 Å². The van der Waals surface area contributed by atoms with Gasteiger partial charge < -0.3 is 10.4 Å². The average Bonchev–Trinajstić information content (AvgIpc) is 2.24. The molecule has 3 nitrogen and oxygen atoms in total. The molecule has 1 saturated carbocycles. The van der Waals surface area contributed by atoms with Crippen LogP contribution in [0.3, 0.4) is 0 Å². The van der Waals surface area contributed by atoms with Crippen LogP contribution in [0, 0.1) is 5.41 Å². The Hall–Kier alpha value is -0.570. The fourth-order valence-electron chi connectivity index (χ4n) is 1.82. The van der Waals surface area contributed by atoms with Crippen molar-refractivity contribution in [3.8, 4) is 0 Å². The topological polar surface area (TPSA) is 49.3 Å². The van der Waals surface area contributed by atoms with Gasteiger partial charge in [-0.3, -0.25) is 4.79 Å². The van der Waals surface area contributed by atoms with Crippen molar-refractivity contribution in [2.45, 2.75) is 59.4 Å². The van der Waals surface area contributed by atoms with E-state index >= 15 is 0 Å². The summed E-state index contributed by atoms with van der Waals surface area (Å²) in [5, 5.41) is 11.4. The third-order valence-corrected chi connectivity index (χ3v) is 2.85. The third kappa shape index (κ3) is 5.78. The molecule has 1 aliphatic rings. The van der Waals surface area contributed by atoms with E-state index in [2.05, 4.69) is 19.2 Å². The summed E-state index contributed by atoms with van der Waals surface area (Å²) in [4.78, 5) is 10.9. The molecule has 1 amide bonds. The fourth-order valence-corrected chi connectivity index (χ4v) is 1.82. The van der Waals surface area contributed by atoms with Crippen molar-refractivity contribution >= 4 is 5.91 Å². The molecule has 0 atom stereocenters. The summed E-state index contributed by atoms with van der Waals surface area (Å²) >= 11 is 0. The highest BCUT2D eigenvalue weighted by Crippen LogP contribution is 2.34. The van der Waals surface area contributed by atoms with E-state index in [1.54, 1.807) is 0 Å². The first-order valence-electron chi connectivity index (χ1n) is 5.94. The molecule has 0 aromatic heterocycles. The number of nitrogens with one attached hydrogen (secondary N) is 1. The lowest BCUT2D eigenvalue weighted by Gasteiger charge is -2.34. The van der Waals surface area contributed by atoms with E-state index in [-0.39, 0.29) is 18.6 Å². The zero-order valence-corrected chi connectivity index (χ0v) is 10.5. The van der Waals surface area contributed by atoms with Crippen molar-refractivity contribution in [1.29, 1.82) is 0 Å². The Morgan fingerprint density at radius 3 is 2.20 bits per heavy atom. The molecule has 0 bridgehead atoms. The number of aliphatic hydroxyl groups is 1. The van der Waals surface area contributed by atoms with Gasteiger partial charge in [0.25, 0.3) is 0 Å². The summed E-state index contributed by atoms with van der Waals surface area (Å²) in [5.74, 6) is -0.246. The number of rotatable bonds is 2. The summed E-state index contributed by atoms with van der Waals surface area (Å²) in [6, 6.07) is 0.285. The van der Waals surface area contributed by atoms with Gasteiger partial charge in [0.15, 0.2) is 0 Å². The molecular weight excluding hydrogens is 190 g/mol. The van der Waals surface area contributed by atoms with E-state index in [0.29, 0.717) is 5.41 Å². The van der Waals surface area contributed by atoms with E-state index in [1.165, 1.54) is 0 Å². The number of carbonyl (C=O) groups excluding carboxylic acids is 1. The number of hydrogen-bond donors (Lipinski definition) is 2. The molecule has 3 heteroatoms. The largest absolute Gasteiger partial charge is 0.387 e. The van der Waals surface area contributed by atoms with Gasteiger partial charge in [0.1, 0.15) is 6.61 Å². The number of amides is 1. The normalized spacial score (nSPS) is 20.1. The van der Waals surface area contributed by atoms with Crippen molar-refractivity contribution in [3.05, 3.63) is 0 Å². The van der Waals surface area contributed by atoms with E-state index in [9.17, 15) is 4.79 Å². The smallest absolute Gasteiger partial charge is 0.245 e. The zero-order chi connectivity index (χ0) is 11.9. The molecular formula is C12H25NO2. The van der Waals surface area contributed by atoms with Crippen LogP contribution < -0.4 is 5.32 Å². The lowest BCUT2D eigenvalue weighted by molar-refractivity contribution is -0.124. The molecule has 1 rings (SSSR count). The maximum absolute atomic E-state index is 10.9. The highest BCUT2D eigenvalue weighted by atomic mass is 16.3. The maximum atomic E-state index is 10.9. The molecule has 1 fully saturated rings. The highest BCUT2D eigenvalue weighted by molar-refractivity contribution is 5.77. The molecule has 0 radical (unpaired) electrons. The standard InChI is InChI=1S/C10H19NO2.C2H6/c1-10(2)5-3-8(4-6-10)11-9(13)7-12;1-2/h8,12H,3-7H2,1-2H3,(H,11,13);1-2H3. The molecule has 0 saturated heterocycles. The third-order valence-electron chi connectivity index (χ3n) is 2.85. The Kier molecular flexibility index (Phi) is 6.57. The number of carbonyl (C=O) groups is 1. The fraction of sp³-hybridized carbons (Fsp3) is 0.917. The Morgan fingerprint density at radius 2 is 1.80 bits per heavy atom. The van der Waals surface area contributed by atoms with Crippen molar-refractivity contribution in [1.82, 2.24) is 5.32 Å². The summed E-state index contributed by atoms with van der Waals surface area (Å²) in [6.45, 7) is 8.13. The predicted octanol–water partition coefficient (Wildman–Crippen LogP) is 2.09. The van der Waals surface area contributed by atoms with Crippen molar-refractivity contribution in [2.24, 2.45) is 5.41 Å². The number of hydrogen-bond acceptors (Lipinski definition) is 2. The molecule has 0 spiro atoms. The summed E-state index contributed by atoms with van der Waals surface area (Å²) in [7, 11) is 0. The SMILES string of the molecule is CC.CC1(C)CCC(NC(=O)CO)CC1. The van der Waals surface area contributed by atoms with Crippen LogP contribution in [0.2, 0.25) is 0 Å². The van der Waals surface area contributed by atoms with Gasteiger partial charge in [0.05, 0.1) is 0 Å². The zero-order valence-electron chi connectivity index (χ0n) is 10.5. The first-order chi connectivity index (χ1) is 7.03.